The summed E-state index contributed by atoms with van der Waals surface area (Å²) in [6, 6.07) is 8.41. The number of aromatic nitrogens is 2. The summed E-state index contributed by atoms with van der Waals surface area (Å²) in [5, 5.41) is 4.45. The first-order chi connectivity index (χ1) is 12.4. The summed E-state index contributed by atoms with van der Waals surface area (Å²) in [4.78, 5) is 28.2. The van der Waals surface area contributed by atoms with Crippen molar-refractivity contribution < 1.29 is 14.3 Å². The largest absolute Gasteiger partial charge is 0.489 e. The molecule has 0 fully saturated rings. The van der Waals surface area contributed by atoms with Gasteiger partial charge in [0.2, 0.25) is 5.91 Å². The van der Waals surface area contributed by atoms with Gasteiger partial charge in [-0.15, -0.1) is 0 Å². The molecule has 26 heavy (non-hydrogen) atoms. The molecule has 0 radical (unpaired) electrons. The van der Waals surface area contributed by atoms with E-state index in [2.05, 4.69) is 10.3 Å². The van der Waals surface area contributed by atoms with Crippen LogP contribution in [0.25, 0.3) is 10.9 Å². The van der Waals surface area contributed by atoms with Gasteiger partial charge in [0.1, 0.15) is 29.8 Å². The van der Waals surface area contributed by atoms with Gasteiger partial charge in [-0.25, -0.2) is 0 Å². The third kappa shape index (κ3) is 2.66. The van der Waals surface area contributed by atoms with Crippen LogP contribution in [-0.2, 0) is 7.05 Å². The second kappa shape index (κ2) is 6.03. The molecule has 1 aliphatic heterocycles. The fraction of sp³-hybridized carbons (Fsp3) is 0.167. The van der Waals surface area contributed by atoms with Crippen LogP contribution in [0.3, 0.4) is 0 Å². The predicted octanol–water partition coefficient (Wildman–Crippen LogP) is 2.19. The van der Waals surface area contributed by atoms with Gasteiger partial charge in [-0.05, 0) is 24.3 Å². The Hall–Kier alpha value is -3.06. The van der Waals surface area contributed by atoms with Crippen molar-refractivity contribution in [2.45, 2.75) is 6.04 Å². The molecule has 0 bridgehead atoms. The SMILES string of the molecule is Cn1c(C(=O)NC2COc3cc(C(N)=O)cnc32)cc2ccc(Cl)cc21. The van der Waals surface area contributed by atoms with Gasteiger partial charge in [-0.2, -0.15) is 0 Å². The molecule has 3 N–H and O–H groups in total. The van der Waals surface area contributed by atoms with Gasteiger partial charge in [-0.3, -0.25) is 14.6 Å². The van der Waals surface area contributed by atoms with Crippen molar-refractivity contribution >= 4 is 34.3 Å². The van der Waals surface area contributed by atoms with Crippen molar-refractivity contribution in [3.63, 3.8) is 0 Å². The molecule has 0 spiro atoms. The van der Waals surface area contributed by atoms with Crippen LogP contribution in [0.15, 0.2) is 36.5 Å². The number of rotatable bonds is 3. The molecule has 7 nitrogen and oxygen atoms in total. The Labute approximate surface area is 153 Å². The van der Waals surface area contributed by atoms with E-state index < -0.39 is 11.9 Å². The average molecular weight is 371 g/mol. The molecule has 1 unspecified atom stereocenters. The van der Waals surface area contributed by atoms with Crippen LogP contribution in [0.1, 0.15) is 32.6 Å². The Morgan fingerprint density at radius 3 is 2.92 bits per heavy atom. The van der Waals surface area contributed by atoms with Crippen molar-refractivity contribution in [3.05, 3.63) is 58.5 Å². The lowest BCUT2D eigenvalue weighted by molar-refractivity contribution is 0.0921. The smallest absolute Gasteiger partial charge is 0.268 e. The highest BCUT2D eigenvalue weighted by molar-refractivity contribution is 6.31. The topological polar surface area (TPSA) is 99.2 Å². The number of aryl methyl sites for hydroxylation is 1. The Morgan fingerprint density at radius 2 is 2.15 bits per heavy atom. The average Bonchev–Trinajstić information content (AvgIpc) is 3.16. The van der Waals surface area contributed by atoms with E-state index in [1.54, 1.807) is 16.7 Å². The van der Waals surface area contributed by atoms with E-state index in [0.717, 1.165) is 10.9 Å². The highest BCUT2D eigenvalue weighted by Gasteiger charge is 2.29. The number of hydrogen-bond donors (Lipinski definition) is 2. The maximum atomic E-state index is 12.7. The van der Waals surface area contributed by atoms with Crippen LogP contribution in [0.5, 0.6) is 5.75 Å². The van der Waals surface area contributed by atoms with Gasteiger partial charge >= 0.3 is 0 Å². The lowest BCUT2D eigenvalue weighted by atomic mass is 10.1. The standard InChI is InChI=1S/C18H15ClN4O3/c1-23-13-6-11(19)3-2-9(13)4-14(23)18(25)22-12-8-26-15-5-10(17(20)24)7-21-16(12)15/h2-7,12H,8H2,1H3,(H2,20,24)(H,22,25). The van der Waals surface area contributed by atoms with Crippen LogP contribution < -0.4 is 15.8 Å². The minimum Gasteiger partial charge on any atom is -0.489 e. The molecule has 1 aliphatic rings. The fourth-order valence-corrected chi connectivity index (χ4v) is 3.25. The van der Waals surface area contributed by atoms with Gasteiger partial charge in [0.05, 0.1) is 5.56 Å². The number of carbonyl (C=O) groups is 2. The van der Waals surface area contributed by atoms with E-state index in [1.807, 2.05) is 19.2 Å². The Balaban J connectivity index is 1.61. The Bertz CT molecular complexity index is 1060. The number of amides is 2. The van der Waals surface area contributed by atoms with Crippen molar-refractivity contribution in [1.82, 2.24) is 14.9 Å². The molecule has 2 aromatic heterocycles. The lowest BCUT2D eigenvalue weighted by Gasteiger charge is -2.11. The number of nitrogens with zero attached hydrogens (tertiary/aromatic N) is 2. The number of primary amides is 1. The van der Waals surface area contributed by atoms with Crippen LogP contribution in [-0.4, -0.2) is 28.0 Å². The number of carbonyl (C=O) groups excluding carboxylic acids is 2. The van der Waals surface area contributed by atoms with Crippen LogP contribution in [0, 0.1) is 0 Å². The summed E-state index contributed by atoms with van der Waals surface area (Å²) >= 11 is 6.04. The monoisotopic (exact) mass is 370 g/mol. The molecule has 1 atom stereocenters. The number of benzene rings is 1. The summed E-state index contributed by atoms with van der Waals surface area (Å²) in [6.45, 7) is 0.242. The third-order valence-corrected chi connectivity index (χ3v) is 4.68. The van der Waals surface area contributed by atoms with Gasteiger partial charge in [0.15, 0.2) is 0 Å². The minimum atomic E-state index is -0.578. The fourth-order valence-electron chi connectivity index (χ4n) is 3.08. The van der Waals surface area contributed by atoms with E-state index in [-0.39, 0.29) is 18.1 Å². The molecule has 3 aromatic rings. The van der Waals surface area contributed by atoms with E-state index >= 15 is 0 Å². The zero-order chi connectivity index (χ0) is 18.4. The normalized spacial score (nSPS) is 15.5. The van der Waals surface area contributed by atoms with Gasteiger partial charge < -0.3 is 20.4 Å². The Kier molecular flexibility index (Phi) is 3.81. The zero-order valence-electron chi connectivity index (χ0n) is 13.8. The van der Waals surface area contributed by atoms with Crippen molar-refractivity contribution in [1.29, 1.82) is 0 Å². The summed E-state index contributed by atoms with van der Waals surface area (Å²) in [6.07, 6.45) is 1.38. The molecule has 132 valence electrons. The van der Waals surface area contributed by atoms with Crippen LogP contribution in [0.2, 0.25) is 5.02 Å². The first-order valence-corrected chi connectivity index (χ1v) is 8.30. The highest BCUT2D eigenvalue weighted by Crippen LogP contribution is 2.31. The maximum absolute atomic E-state index is 12.7. The van der Waals surface area contributed by atoms with Crippen molar-refractivity contribution in [2.75, 3.05) is 6.61 Å². The predicted molar refractivity (Wildman–Crippen MR) is 96.4 cm³/mol. The molecule has 0 aliphatic carbocycles. The number of ether oxygens (including phenoxy) is 1. The molecule has 0 saturated carbocycles. The molecule has 2 amide bonds. The van der Waals surface area contributed by atoms with Gasteiger partial charge in [0, 0.05) is 29.2 Å². The van der Waals surface area contributed by atoms with E-state index in [0.29, 0.717) is 22.2 Å². The second-order valence-corrected chi connectivity index (χ2v) is 6.54. The van der Waals surface area contributed by atoms with Gasteiger partial charge in [0.25, 0.3) is 5.91 Å². The summed E-state index contributed by atoms with van der Waals surface area (Å²) in [5.74, 6) is -0.372. The number of hydrogen-bond acceptors (Lipinski definition) is 4. The molecule has 8 heteroatoms. The summed E-state index contributed by atoms with van der Waals surface area (Å²) < 4.78 is 7.32. The molecule has 0 saturated heterocycles. The highest BCUT2D eigenvalue weighted by atomic mass is 35.5. The lowest BCUT2D eigenvalue weighted by Crippen LogP contribution is -2.31. The first-order valence-electron chi connectivity index (χ1n) is 7.92. The molecule has 3 heterocycles. The number of nitrogens with two attached hydrogens (primary N) is 1. The molecular formula is C18H15ClN4O3. The zero-order valence-corrected chi connectivity index (χ0v) is 14.6. The number of pyridine rings is 1. The first kappa shape index (κ1) is 16.4. The number of fused-ring (bicyclic) bond motifs is 2. The minimum absolute atomic E-state index is 0.242. The number of nitrogens with one attached hydrogen (secondary N) is 1. The summed E-state index contributed by atoms with van der Waals surface area (Å²) in [5.41, 5.74) is 7.46. The third-order valence-electron chi connectivity index (χ3n) is 4.45. The maximum Gasteiger partial charge on any atom is 0.268 e. The molecule has 1 aromatic carbocycles. The van der Waals surface area contributed by atoms with Crippen molar-refractivity contribution in [3.8, 4) is 5.75 Å². The number of halogens is 1. The van der Waals surface area contributed by atoms with E-state index in [4.69, 9.17) is 22.1 Å². The van der Waals surface area contributed by atoms with Crippen LogP contribution >= 0.6 is 11.6 Å². The Morgan fingerprint density at radius 1 is 1.35 bits per heavy atom. The van der Waals surface area contributed by atoms with Gasteiger partial charge in [-0.1, -0.05) is 17.7 Å². The van der Waals surface area contributed by atoms with Crippen LogP contribution in [0.4, 0.5) is 0 Å². The van der Waals surface area contributed by atoms with E-state index in [9.17, 15) is 9.59 Å². The van der Waals surface area contributed by atoms with E-state index in [1.165, 1.54) is 12.3 Å². The second-order valence-electron chi connectivity index (χ2n) is 6.10. The summed E-state index contributed by atoms with van der Waals surface area (Å²) in [7, 11) is 1.81. The quantitative estimate of drug-likeness (QED) is 0.738. The molecular weight excluding hydrogens is 356 g/mol. The van der Waals surface area contributed by atoms with Crippen molar-refractivity contribution in [2.24, 2.45) is 12.8 Å². The molecule has 4 rings (SSSR count).